The van der Waals surface area contributed by atoms with Crippen molar-refractivity contribution >= 4 is 29.2 Å². The van der Waals surface area contributed by atoms with Crippen LogP contribution in [0.25, 0.3) is 0 Å². The van der Waals surface area contributed by atoms with Crippen molar-refractivity contribution in [3.05, 3.63) is 63.7 Å². The third kappa shape index (κ3) is 7.12. The molecule has 11 heteroatoms. The Morgan fingerprint density at radius 1 is 0.941 bits per heavy atom. The second kappa shape index (κ2) is 10.0. The van der Waals surface area contributed by atoms with E-state index in [0.29, 0.717) is 5.56 Å². The molecule has 0 heterocycles. The maximum Gasteiger partial charge on any atom is 0.424 e. The molecule has 2 aromatic rings. The zero-order valence-corrected chi connectivity index (χ0v) is 19.8. The molecule has 0 saturated heterocycles. The van der Waals surface area contributed by atoms with E-state index in [1.54, 1.807) is 0 Å². The lowest BCUT2D eigenvalue weighted by atomic mass is 10.1. The van der Waals surface area contributed by atoms with Gasteiger partial charge in [-0.15, -0.1) is 0 Å². The Kier molecular flexibility index (Phi) is 7.81. The van der Waals surface area contributed by atoms with Crippen molar-refractivity contribution in [3.63, 3.8) is 0 Å². The smallest absolute Gasteiger partial charge is 0.424 e. The van der Waals surface area contributed by atoms with Gasteiger partial charge in [-0.3, -0.25) is 10.1 Å². The molecule has 2 rings (SSSR count). The molecule has 0 atom stereocenters. The third-order valence-electron chi connectivity index (χ3n) is 4.06. The van der Waals surface area contributed by atoms with Gasteiger partial charge in [0.1, 0.15) is 17.0 Å². The van der Waals surface area contributed by atoms with Crippen LogP contribution < -0.4 is 10.2 Å². The van der Waals surface area contributed by atoms with E-state index in [0.717, 1.165) is 12.1 Å². The topological polar surface area (TPSA) is 111 Å². The van der Waals surface area contributed by atoms with Gasteiger partial charge in [0, 0.05) is 12.6 Å². The second-order valence-electron chi connectivity index (χ2n) is 9.33. The third-order valence-corrected chi connectivity index (χ3v) is 4.06. The Bertz CT molecular complexity index is 1050. The lowest BCUT2D eigenvalue weighted by Gasteiger charge is -2.28. The van der Waals surface area contributed by atoms with Crippen LogP contribution in [0.5, 0.6) is 0 Å². The van der Waals surface area contributed by atoms with Crippen LogP contribution in [0.1, 0.15) is 47.1 Å². The normalized spacial score (nSPS) is 11.5. The summed E-state index contributed by atoms with van der Waals surface area (Å²) in [4.78, 5) is 36.7. The summed E-state index contributed by atoms with van der Waals surface area (Å²) in [6.45, 7) is 9.14. The Morgan fingerprint density at radius 2 is 1.44 bits per heavy atom. The molecule has 0 aliphatic rings. The van der Waals surface area contributed by atoms with E-state index in [4.69, 9.17) is 9.47 Å². The predicted octanol–water partition coefficient (Wildman–Crippen LogP) is 6.16. The van der Waals surface area contributed by atoms with E-state index in [1.807, 2.05) is 0 Å². The number of nitro groups is 1. The van der Waals surface area contributed by atoms with Crippen LogP contribution in [0.4, 0.5) is 35.4 Å². The summed E-state index contributed by atoms with van der Waals surface area (Å²) < 4.78 is 39.1. The maximum absolute atomic E-state index is 15.6. The number of nitrogens with zero attached hydrogens (tertiary/aromatic N) is 2. The first-order chi connectivity index (χ1) is 15.6. The first-order valence-corrected chi connectivity index (χ1v) is 10.3. The van der Waals surface area contributed by atoms with Crippen molar-refractivity contribution in [3.8, 4) is 0 Å². The van der Waals surface area contributed by atoms with E-state index in [2.05, 4.69) is 5.32 Å². The molecule has 0 unspecified atom stereocenters. The molecule has 2 aromatic carbocycles. The lowest BCUT2D eigenvalue weighted by molar-refractivity contribution is -0.384. The molecule has 0 aromatic heterocycles. The average molecular weight is 479 g/mol. The van der Waals surface area contributed by atoms with Gasteiger partial charge in [-0.05, 0) is 65.3 Å². The minimum absolute atomic E-state index is 0.0350. The Hall–Kier alpha value is -3.76. The molecule has 0 radical (unpaired) electrons. The van der Waals surface area contributed by atoms with Crippen molar-refractivity contribution in [2.75, 3.05) is 10.2 Å². The Morgan fingerprint density at radius 3 is 1.88 bits per heavy atom. The molecule has 0 bridgehead atoms. The molecular formula is C23H27F2N3O6. The highest BCUT2D eigenvalue weighted by molar-refractivity contribution is 6.11. The van der Waals surface area contributed by atoms with Gasteiger partial charge in [-0.1, -0.05) is 12.1 Å². The molecule has 34 heavy (non-hydrogen) atoms. The molecule has 184 valence electrons. The number of benzene rings is 2. The summed E-state index contributed by atoms with van der Waals surface area (Å²) in [5, 5.41) is 14.4. The molecule has 0 aliphatic heterocycles. The second-order valence-corrected chi connectivity index (χ2v) is 9.33. The van der Waals surface area contributed by atoms with Crippen molar-refractivity contribution in [2.45, 2.75) is 59.3 Å². The first-order valence-electron chi connectivity index (χ1n) is 10.3. The molecule has 0 spiro atoms. The number of carbonyl (C=O) groups is 2. The zero-order valence-electron chi connectivity index (χ0n) is 19.8. The number of anilines is 2. The number of hydrogen-bond donors (Lipinski definition) is 1. The number of amides is 2. The highest BCUT2D eigenvalue weighted by Gasteiger charge is 2.39. The quantitative estimate of drug-likeness (QED) is 0.404. The number of nitrogens with one attached hydrogen (secondary N) is 1. The van der Waals surface area contributed by atoms with Crippen LogP contribution in [0.3, 0.4) is 0 Å². The standard InChI is InChI=1S/C23H27F2N3O6/c1-22(2,3)33-20(29)27(21(30)34-23(4,5)6)19-17(28(31)32)12-11-16(18(19)25)26-13-14-7-9-15(24)10-8-14/h7-12,26H,13H2,1-6H3. The van der Waals surface area contributed by atoms with Crippen LogP contribution in [0, 0.1) is 21.7 Å². The predicted molar refractivity (Wildman–Crippen MR) is 122 cm³/mol. The number of halogens is 2. The van der Waals surface area contributed by atoms with Crippen LogP contribution in [-0.4, -0.2) is 28.3 Å². The minimum Gasteiger partial charge on any atom is -0.443 e. The summed E-state index contributed by atoms with van der Waals surface area (Å²) >= 11 is 0. The zero-order chi connectivity index (χ0) is 25.8. The summed E-state index contributed by atoms with van der Waals surface area (Å²) in [7, 11) is 0. The van der Waals surface area contributed by atoms with E-state index in [9.17, 15) is 24.1 Å². The molecule has 0 fully saturated rings. The lowest BCUT2D eigenvalue weighted by Crippen LogP contribution is -2.44. The van der Waals surface area contributed by atoms with Gasteiger partial charge in [0.25, 0.3) is 5.69 Å². The fourth-order valence-corrected chi connectivity index (χ4v) is 2.72. The molecular weight excluding hydrogens is 452 g/mol. The average Bonchev–Trinajstić information content (AvgIpc) is 2.66. The maximum atomic E-state index is 15.6. The van der Waals surface area contributed by atoms with Gasteiger partial charge in [0.05, 0.1) is 10.6 Å². The number of rotatable bonds is 5. The van der Waals surface area contributed by atoms with Crippen LogP contribution in [0.2, 0.25) is 0 Å². The number of hydrogen-bond acceptors (Lipinski definition) is 7. The number of ether oxygens (including phenoxy) is 2. The summed E-state index contributed by atoms with van der Waals surface area (Å²) in [6.07, 6.45) is -2.70. The van der Waals surface area contributed by atoms with Crippen LogP contribution in [0.15, 0.2) is 36.4 Å². The van der Waals surface area contributed by atoms with Crippen molar-refractivity contribution in [1.29, 1.82) is 0 Å². The highest BCUT2D eigenvalue weighted by Crippen LogP contribution is 2.37. The summed E-state index contributed by atoms with van der Waals surface area (Å²) in [5.74, 6) is -1.69. The largest absolute Gasteiger partial charge is 0.443 e. The SMILES string of the molecule is CC(C)(C)OC(=O)N(C(=O)OC(C)(C)C)c1c([N+](=O)[O-])ccc(NCc2ccc(F)cc2)c1F. The van der Waals surface area contributed by atoms with Crippen molar-refractivity contribution < 1.29 is 32.8 Å². The summed E-state index contributed by atoms with van der Waals surface area (Å²) in [5.41, 5.74) is -3.61. The van der Waals surface area contributed by atoms with E-state index >= 15 is 4.39 Å². The van der Waals surface area contributed by atoms with Gasteiger partial charge < -0.3 is 14.8 Å². The Balaban J connectivity index is 2.57. The molecule has 9 nitrogen and oxygen atoms in total. The fourth-order valence-electron chi connectivity index (χ4n) is 2.72. The van der Waals surface area contributed by atoms with Crippen LogP contribution in [-0.2, 0) is 16.0 Å². The monoisotopic (exact) mass is 479 g/mol. The fraction of sp³-hybridized carbons (Fsp3) is 0.391. The number of imide groups is 1. The number of carbonyl (C=O) groups excluding carboxylic acids is 2. The highest BCUT2D eigenvalue weighted by atomic mass is 19.1. The summed E-state index contributed by atoms with van der Waals surface area (Å²) in [6, 6.07) is 7.44. The van der Waals surface area contributed by atoms with E-state index < -0.39 is 51.3 Å². The van der Waals surface area contributed by atoms with E-state index in [-0.39, 0.29) is 17.1 Å². The van der Waals surface area contributed by atoms with E-state index in [1.165, 1.54) is 65.8 Å². The van der Waals surface area contributed by atoms with Crippen molar-refractivity contribution in [1.82, 2.24) is 0 Å². The molecule has 0 saturated carbocycles. The molecule has 2 amide bonds. The molecule has 1 N–H and O–H groups in total. The van der Waals surface area contributed by atoms with Gasteiger partial charge in [0.2, 0.25) is 0 Å². The van der Waals surface area contributed by atoms with Gasteiger partial charge in [-0.2, -0.15) is 4.90 Å². The Labute approximate surface area is 195 Å². The van der Waals surface area contributed by atoms with Gasteiger partial charge in [0.15, 0.2) is 11.5 Å². The number of nitro benzene ring substituents is 1. The van der Waals surface area contributed by atoms with Crippen LogP contribution >= 0.6 is 0 Å². The van der Waals surface area contributed by atoms with Gasteiger partial charge >= 0.3 is 12.2 Å². The van der Waals surface area contributed by atoms with Crippen molar-refractivity contribution in [2.24, 2.45) is 0 Å². The van der Waals surface area contributed by atoms with Gasteiger partial charge in [-0.25, -0.2) is 18.4 Å². The minimum atomic E-state index is -1.35. The molecule has 0 aliphatic carbocycles. The first kappa shape index (κ1) is 26.5.